The SMILES string of the molecule is Cc1ccc(CNC(=O)c2cncc(NCc3ccccc3F)c2)cc1. The summed E-state index contributed by atoms with van der Waals surface area (Å²) >= 11 is 0. The predicted molar refractivity (Wildman–Crippen MR) is 100 cm³/mol. The van der Waals surface area contributed by atoms with Gasteiger partial charge < -0.3 is 10.6 Å². The number of rotatable bonds is 6. The standard InChI is InChI=1S/C21H20FN3O/c1-15-6-8-16(9-7-15)11-25-21(26)18-10-19(14-23-12-18)24-13-17-4-2-3-5-20(17)22/h2-10,12,14,24H,11,13H2,1H3,(H,25,26). The molecule has 0 radical (unpaired) electrons. The first-order valence-electron chi connectivity index (χ1n) is 8.38. The van der Waals surface area contributed by atoms with Crippen LogP contribution in [0.1, 0.15) is 27.0 Å². The fourth-order valence-corrected chi connectivity index (χ4v) is 2.49. The summed E-state index contributed by atoms with van der Waals surface area (Å²) in [5, 5.41) is 5.97. The van der Waals surface area contributed by atoms with Crippen LogP contribution in [0, 0.1) is 12.7 Å². The Bertz CT molecular complexity index is 894. The zero-order chi connectivity index (χ0) is 18.4. The number of carbonyl (C=O) groups excluding carboxylic acids is 1. The third-order valence-electron chi connectivity index (χ3n) is 4.01. The van der Waals surface area contributed by atoms with Crippen molar-refractivity contribution < 1.29 is 9.18 Å². The molecule has 0 spiro atoms. The molecule has 5 heteroatoms. The second-order valence-corrected chi connectivity index (χ2v) is 6.08. The van der Waals surface area contributed by atoms with Crippen LogP contribution >= 0.6 is 0 Å². The third-order valence-corrected chi connectivity index (χ3v) is 4.01. The molecule has 0 atom stereocenters. The summed E-state index contributed by atoms with van der Waals surface area (Å²) in [4.78, 5) is 16.4. The van der Waals surface area contributed by atoms with E-state index < -0.39 is 0 Å². The van der Waals surface area contributed by atoms with Crippen LogP contribution in [0.5, 0.6) is 0 Å². The lowest BCUT2D eigenvalue weighted by Crippen LogP contribution is -2.23. The van der Waals surface area contributed by atoms with Gasteiger partial charge in [0.2, 0.25) is 0 Å². The molecule has 0 aliphatic carbocycles. The molecule has 132 valence electrons. The summed E-state index contributed by atoms with van der Waals surface area (Å²) in [5.74, 6) is -0.465. The normalized spacial score (nSPS) is 10.4. The lowest BCUT2D eigenvalue weighted by atomic mass is 10.1. The van der Waals surface area contributed by atoms with Gasteiger partial charge in [-0.15, -0.1) is 0 Å². The minimum absolute atomic E-state index is 0.201. The number of benzene rings is 2. The number of nitrogens with one attached hydrogen (secondary N) is 2. The van der Waals surface area contributed by atoms with Gasteiger partial charge in [-0.1, -0.05) is 48.0 Å². The number of aryl methyl sites for hydroxylation is 1. The highest BCUT2D eigenvalue weighted by Crippen LogP contribution is 2.13. The Kier molecular flexibility index (Phi) is 5.59. The van der Waals surface area contributed by atoms with E-state index >= 15 is 0 Å². The molecule has 2 N–H and O–H groups in total. The quantitative estimate of drug-likeness (QED) is 0.705. The van der Waals surface area contributed by atoms with Crippen molar-refractivity contribution in [3.63, 3.8) is 0 Å². The molecule has 4 nitrogen and oxygen atoms in total. The Morgan fingerprint density at radius 2 is 1.81 bits per heavy atom. The maximum atomic E-state index is 13.7. The van der Waals surface area contributed by atoms with Gasteiger partial charge in [-0.25, -0.2) is 4.39 Å². The van der Waals surface area contributed by atoms with Crippen LogP contribution in [-0.4, -0.2) is 10.9 Å². The lowest BCUT2D eigenvalue weighted by molar-refractivity contribution is 0.0950. The van der Waals surface area contributed by atoms with Crippen LogP contribution in [-0.2, 0) is 13.1 Å². The van der Waals surface area contributed by atoms with Gasteiger partial charge in [0.15, 0.2) is 0 Å². The van der Waals surface area contributed by atoms with Crippen molar-refractivity contribution in [1.29, 1.82) is 0 Å². The first kappa shape index (κ1) is 17.6. The smallest absolute Gasteiger partial charge is 0.253 e. The van der Waals surface area contributed by atoms with Crippen molar-refractivity contribution in [2.24, 2.45) is 0 Å². The van der Waals surface area contributed by atoms with E-state index in [1.54, 1.807) is 30.5 Å². The fraction of sp³-hybridized carbons (Fsp3) is 0.143. The molecule has 2 aromatic carbocycles. The molecule has 0 aliphatic heterocycles. The first-order valence-corrected chi connectivity index (χ1v) is 8.38. The Balaban J connectivity index is 1.60. The number of pyridine rings is 1. The van der Waals surface area contributed by atoms with Gasteiger partial charge in [0.1, 0.15) is 5.82 Å². The summed E-state index contributed by atoms with van der Waals surface area (Å²) < 4.78 is 13.7. The zero-order valence-corrected chi connectivity index (χ0v) is 14.5. The molecule has 3 rings (SSSR count). The summed E-state index contributed by atoms with van der Waals surface area (Å²) in [7, 11) is 0. The zero-order valence-electron chi connectivity index (χ0n) is 14.5. The molecule has 0 unspecified atom stereocenters. The van der Waals surface area contributed by atoms with Crippen molar-refractivity contribution in [1.82, 2.24) is 10.3 Å². The fourth-order valence-electron chi connectivity index (χ4n) is 2.49. The maximum absolute atomic E-state index is 13.7. The maximum Gasteiger partial charge on any atom is 0.253 e. The van der Waals surface area contributed by atoms with E-state index in [0.29, 0.717) is 29.9 Å². The second kappa shape index (κ2) is 8.25. The number of nitrogens with zero attached hydrogens (tertiary/aromatic N) is 1. The number of hydrogen-bond donors (Lipinski definition) is 2. The minimum Gasteiger partial charge on any atom is -0.380 e. The highest BCUT2D eigenvalue weighted by Gasteiger charge is 2.07. The van der Waals surface area contributed by atoms with Crippen molar-refractivity contribution in [3.05, 3.63) is 95.1 Å². The van der Waals surface area contributed by atoms with E-state index in [1.165, 1.54) is 17.8 Å². The molecule has 26 heavy (non-hydrogen) atoms. The Morgan fingerprint density at radius 1 is 1.04 bits per heavy atom. The van der Waals surface area contributed by atoms with Gasteiger partial charge in [0.05, 0.1) is 11.3 Å². The van der Waals surface area contributed by atoms with E-state index in [1.807, 2.05) is 31.2 Å². The monoisotopic (exact) mass is 349 g/mol. The van der Waals surface area contributed by atoms with Crippen molar-refractivity contribution >= 4 is 11.6 Å². The largest absolute Gasteiger partial charge is 0.380 e. The number of carbonyl (C=O) groups is 1. The van der Waals surface area contributed by atoms with Crippen LogP contribution in [0.3, 0.4) is 0 Å². The van der Waals surface area contributed by atoms with E-state index in [-0.39, 0.29) is 11.7 Å². The van der Waals surface area contributed by atoms with Gasteiger partial charge in [-0.2, -0.15) is 0 Å². The van der Waals surface area contributed by atoms with E-state index in [2.05, 4.69) is 15.6 Å². The van der Waals surface area contributed by atoms with Gasteiger partial charge in [-0.05, 0) is 24.6 Å². The van der Waals surface area contributed by atoms with Gasteiger partial charge in [0, 0.05) is 31.0 Å². The van der Waals surface area contributed by atoms with Crippen LogP contribution in [0.4, 0.5) is 10.1 Å². The Morgan fingerprint density at radius 3 is 2.58 bits per heavy atom. The van der Waals surface area contributed by atoms with E-state index in [9.17, 15) is 9.18 Å². The summed E-state index contributed by atoms with van der Waals surface area (Å²) in [6, 6.07) is 16.3. The van der Waals surface area contributed by atoms with Crippen molar-refractivity contribution in [2.45, 2.75) is 20.0 Å². The minimum atomic E-state index is -0.264. The van der Waals surface area contributed by atoms with Crippen LogP contribution in [0.15, 0.2) is 67.0 Å². The molecular formula is C21H20FN3O. The third kappa shape index (κ3) is 4.66. The number of anilines is 1. The molecule has 0 saturated carbocycles. The van der Waals surface area contributed by atoms with Gasteiger partial charge in [-0.3, -0.25) is 9.78 Å². The first-order chi connectivity index (χ1) is 12.6. The van der Waals surface area contributed by atoms with Crippen molar-refractivity contribution in [3.8, 4) is 0 Å². The van der Waals surface area contributed by atoms with Crippen LogP contribution < -0.4 is 10.6 Å². The molecule has 0 fully saturated rings. The molecule has 1 amide bonds. The Labute approximate surface area is 152 Å². The average Bonchev–Trinajstić information content (AvgIpc) is 2.67. The Hall–Kier alpha value is -3.21. The van der Waals surface area contributed by atoms with Crippen LogP contribution in [0.25, 0.3) is 0 Å². The average molecular weight is 349 g/mol. The predicted octanol–water partition coefficient (Wildman–Crippen LogP) is 4.07. The number of halogens is 1. The molecule has 0 bridgehead atoms. The van der Waals surface area contributed by atoms with Crippen molar-refractivity contribution in [2.75, 3.05) is 5.32 Å². The highest BCUT2D eigenvalue weighted by molar-refractivity contribution is 5.94. The molecule has 1 heterocycles. The summed E-state index contributed by atoms with van der Waals surface area (Å²) in [6.07, 6.45) is 3.12. The van der Waals surface area contributed by atoms with E-state index in [0.717, 1.165) is 5.56 Å². The second-order valence-electron chi connectivity index (χ2n) is 6.08. The molecule has 0 saturated heterocycles. The number of aromatic nitrogens is 1. The number of hydrogen-bond acceptors (Lipinski definition) is 3. The molecule has 0 aliphatic rings. The topological polar surface area (TPSA) is 54.0 Å². The van der Waals surface area contributed by atoms with Gasteiger partial charge >= 0.3 is 0 Å². The van der Waals surface area contributed by atoms with E-state index in [4.69, 9.17) is 0 Å². The summed E-state index contributed by atoms with van der Waals surface area (Å²) in [6.45, 7) is 2.79. The molecule has 3 aromatic rings. The molecule has 1 aromatic heterocycles. The lowest BCUT2D eigenvalue weighted by Gasteiger charge is -2.09. The van der Waals surface area contributed by atoms with Gasteiger partial charge in [0.25, 0.3) is 5.91 Å². The summed E-state index contributed by atoms with van der Waals surface area (Å²) in [5.41, 5.74) is 3.89. The molecular weight excluding hydrogens is 329 g/mol. The van der Waals surface area contributed by atoms with Crippen LogP contribution in [0.2, 0.25) is 0 Å². The number of amides is 1. The highest BCUT2D eigenvalue weighted by atomic mass is 19.1.